The molecule has 4 heterocycles. The Labute approximate surface area is 204 Å². The first-order valence-electron chi connectivity index (χ1n) is 12.0. The summed E-state index contributed by atoms with van der Waals surface area (Å²) in [4.78, 5) is 32.5. The van der Waals surface area contributed by atoms with Gasteiger partial charge in [0, 0.05) is 56.9 Å². The van der Waals surface area contributed by atoms with Gasteiger partial charge in [-0.15, -0.1) is 0 Å². The van der Waals surface area contributed by atoms with Crippen molar-refractivity contribution in [2.45, 2.75) is 44.6 Å². The highest BCUT2D eigenvalue weighted by molar-refractivity contribution is 6.32. The maximum atomic E-state index is 12.9. The van der Waals surface area contributed by atoms with Crippen molar-refractivity contribution in [2.24, 2.45) is 0 Å². The lowest BCUT2D eigenvalue weighted by Gasteiger charge is -2.35. The average molecular weight is 480 g/mol. The number of halogens is 1. The number of carbonyl (C=O) groups excluding carboxylic acids is 2. The lowest BCUT2D eigenvalue weighted by atomic mass is 9.89. The summed E-state index contributed by atoms with van der Waals surface area (Å²) in [7, 11) is 0. The first-order chi connectivity index (χ1) is 16.5. The van der Waals surface area contributed by atoms with Crippen LogP contribution in [0.25, 0.3) is 16.6 Å². The number of fused-ring (bicyclic) bond motifs is 1. The number of piperidine rings is 2. The van der Waals surface area contributed by atoms with E-state index in [1.807, 2.05) is 46.5 Å². The smallest absolute Gasteiger partial charge is 0.317 e. The molecule has 1 aromatic carbocycles. The summed E-state index contributed by atoms with van der Waals surface area (Å²) in [5.74, 6) is 0.481. The van der Waals surface area contributed by atoms with Gasteiger partial charge in [-0.05, 0) is 55.4 Å². The molecule has 0 atom stereocenters. The van der Waals surface area contributed by atoms with E-state index in [-0.39, 0.29) is 18.0 Å². The van der Waals surface area contributed by atoms with Gasteiger partial charge in [0.15, 0.2) is 0 Å². The molecule has 1 N–H and O–H groups in total. The molecule has 34 heavy (non-hydrogen) atoms. The van der Waals surface area contributed by atoms with E-state index in [4.69, 9.17) is 11.6 Å². The normalized spacial score (nSPS) is 17.8. The van der Waals surface area contributed by atoms with Crippen molar-refractivity contribution in [3.63, 3.8) is 0 Å². The second-order valence-electron chi connectivity index (χ2n) is 9.29. The fraction of sp³-hybridized carbons (Fsp3) is 0.423. The molecule has 3 amide bonds. The topological polar surface area (TPSA) is 70.5 Å². The third kappa shape index (κ3) is 4.49. The van der Waals surface area contributed by atoms with Crippen molar-refractivity contribution in [1.29, 1.82) is 0 Å². The van der Waals surface area contributed by atoms with Crippen LogP contribution in [0.4, 0.5) is 4.79 Å². The molecule has 0 unspecified atom stereocenters. The highest BCUT2D eigenvalue weighted by atomic mass is 35.5. The number of nitrogens with zero attached hydrogens (tertiary/aromatic N) is 4. The maximum absolute atomic E-state index is 12.9. The number of nitrogens with one attached hydrogen (secondary N) is 1. The minimum Gasteiger partial charge on any atom is -0.343 e. The molecule has 178 valence electrons. The largest absolute Gasteiger partial charge is 0.343 e. The SMILES string of the molecule is CC(=O)N1CCC(NC(=O)N2CCC(c3cn(-c4ccccc4Cl)c4cnccc34)CC2)CC1. The molecule has 0 radical (unpaired) electrons. The molecule has 0 bridgehead atoms. The summed E-state index contributed by atoms with van der Waals surface area (Å²) in [6.07, 6.45) is 9.39. The van der Waals surface area contributed by atoms with Crippen LogP contribution in [0.15, 0.2) is 48.9 Å². The zero-order chi connectivity index (χ0) is 23.7. The Morgan fingerprint density at radius 2 is 1.71 bits per heavy atom. The standard InChI is InChI=1S/C26H30ClN5O2/c1-18(33)30-14-9-20(10-15-30)29-26(34)31-12-7-19(8-13-31)22-17-32(24-5-3-2-4-23(24)27)25-16-28-11-6-21(22)25/h2-6,11,16-17,19-20H,7-10,12-15H2,1H3,(H,29,34). The Balaban J connectivity index is 1.26. The second-order valence-corrected chi connectivity index (χ2v) is 9.70. The molecule has 8 heteroatoms. The van der Waals surface area contributed by atoms with E-state index in [2.05, 4.69) is 27.1 Å². The monoisotopic (exact) mass is 479 g/mol. The lowest BCUT2D eigenvalue weighted by molar-refractivity contribution is -0.129. The summed E-state index contributed by atoms with van der Waals surface area (Å²) < 4.78 is 2.13. The van der Waals surface area contributed by atoms with Gasteiger partial charge in [0.25, 0.3) is 0 Å². The van der Waals surface area contributed by atoms with Crippen molar-refractivity contribution in [1.82, 2.24) is 24.7 Å². The number of aromatic nitrogens is 2. The van der Waals surface area contributed by atoms with Gasteiger partial charge in [-0.25, -0.2) is 4.79 Å². The number of pyridine rings is 1. The number of benzene rings is 1. The van der Waals surface area contributed by atoms with Gasteiger partial charge in [-0.3, -0.25) is 9.78 Å². The van der Waals surface area contributed by atoms with E-state index >= 15 is 0 Å². The number of likely N-dealkylation sites (tertiary alicyclic amines) is 2. The Hall–Kier alpha value is -3.06. The highest BCUT2D eigenvalue weighted by Gasteiger charge is 2.29. The summed E-state index contributed by atoms with van der Waals surface area (Å²) in [5, 5.41) is 5.08. The summed E-state index contributed by atoms with van der Waals surface area (Å²) in [6, 6.07) is 10.1. The molecular formula is C26H30ClN5O2. The minimum absolute atomic E-state index is 0.0161. The highest BCUT2D eigenvalue weighted by Crippen LogP contribution is 2.36. The molecule has 7 nitrogen and oxygen atoms in total. The van der Waals surface area contributed by atoms with Gasteiger partial charge in [0.1, 0.15) is 0 Å². The first kappa shape index (κ1) is 22.7. The molecule has 0 saturated carbocycles. The van der Waals surface area contributed by atoms with Gasteiger partial charge in [0.2, 0.25) is 5.91 Å². The average Bonchev–Trinajstić information content (AvgIpc) is 3.24. The van der Waals surface area contributed by atoms with Crippen molar-refractivity contribution >= 4 is 34.4 Å². The van der Waals surface area contributed by atoms with E-state index in [0.717, 1.165) is 50.0 Å². The minimum atomic E-state index is 0.0161. The molecule has 2 fully saturated rings. The first-order valence-corrected chi connectivity index (χ1v) is 12.4. The van der Waals surface area contributed by atoms with E-state index in [9.17, 15) is 9.59 Å². The number of carbonyl (C=O) groups is 2. The molecule has 2 aliphatic heterocycles. The van der Waals surface area contributed by atoms with Crippen LogP contribution in [-0.4, -0.2) is 63.5 Å². The fourth-order valence-corrected chi connectivity index (χ4v) is 5.50. The van der Waals surface area contributed by atoms with Crippen LogP contribution in [0.2, 0.25) is 5.02 Å². The number of para-hydroxylation sites is 1. The number of rotatable bonds is 3. The summed E-state index contributed by atoms with van der Waals surface area (Å²) in [5.41, 5.74) is 3.28. The molecule has 2 aliphatic rings. The van der Waals surface area contributed by atoms with E-state index in [1.165, 1.54) is 10.9 Å². The van der Waals surface area contributed by atoms with Gasteiger partial charge >= 0.3 is 6.03 Å². The lowest BCUT2D eigenvalue weighted by Crippen LogP contribution is -2.51. The maximum Gasteiger partial charge on any atom is 0.317 e. The zero-order valence-corrected chi connectivity index (χ0v) is 20.2. The van der Waals surface area contributed by atoms with Gasteiger partial charge in [-0.2, -0.15) is 0 Å². The summed E-state index contributed by atoms with van der Waals surface area (Å²) in [6.45, 7) is 4.49. The Bertz CT molecular complexity index is 1190. The Kier molecular flexibility index (Phi) is 6.46. The molecule has 0 spiro atoms. The third-order valence-corrected chi connectivity index (χ3v) is 7.56. The van der Waals surface area contributed by atoms with E-state index in [0.29, 0.717) is 24.0 Å². The van der Waals surface area contributed by atoms with Crippen LogP contribution in [0.1, 0.15) is 44.1 Å². The van der Waals surface area contributed by atoms with Crippen LogP contribution >= 0.6 is 11.6 Å². The summed E-state index contributed by atoms with van der Waals surface area (Å²) >= 11 is 6.50. The van der Waals surface area contributed by atoms with Gasteiger partial charge in [-0.1, -0.05) is 23.7 Å². The van der Waals surface area contributed by atoms with Gasteiger partial charge < -0.3 is 19.7 Å². The van der Waals surface area contributed by atoms with Crippen molar-refractivity contribution in [2.75, 3.05) is 26.2 Å². The molecular weight excluding hydrogens is 450 g/mol. The van der Waals surface area contributed by atoms with E-state index in [1.54, 1.807) is 6.92 Å². The number of amides is 3. The molecule has 2 aromatic heterocycles. The Morgan fingerprint density at radius 1 is 1.00 bits per heavy atom. The van der Waals surface area contributed by atoms with Crippen molar-refractivity contribution in [3.8, 4) is 5.69 Å². The second kappa shape index (κ2) is 9.66. The van der Waals surface area contributed by atoms with Crippen LogP contribution in [0.3, 0.4) is 0 Å². The van der Waals surface area contributed by atoms with Crippen LogP contribution in [-0.2, 0) is 4.79 Å². The zero-order valence-electron chi connectivity index (χ0n) is 19.4. The molecule has 3 aromatic rings. The fourth-order valence-electron chi connectivity index (χ4n) is 5.27. The quantitative estimate of drug-likeness (QED) is 0.597. The van der Waals surface area contributed by atoms with Crippen LogP contribution < -0.4 is 5.32 Å². The number of urea groups is 1. The van der Waals surface area contributed by atoms with E-state index < -0.39 is 0 Å². The van der Waals surface area contributed by atoms with Crippen LogP contribution in [0, 0.1) is 0 Å². The number of hydrogen-bond donors (Lipinski definition) is 1. The third-order valence-electron chi connectivity index (χ3n) is 7.24. The molecule has 0 aliphatic carbocycles. The number of hydrogen-bond acceptors (Lipinski definition) is 3. The van der Waals surface area contributed by atoms with Crippen molar-refractivity contribution < 1.29 is 9.59 Å². The van der Waals surface area contributed by atoms with Crippen LogP contribution in [0.5, 0.6) is 0 Å². The van der Waals surface area contributed by atoms with Gasteiger partial charge in [0.05, 0.1) is 22.4 Å². The molecule has 5 rings (SSSR count). The molecule has 2 saturated heterocycles. The Morgan fingerprint density at radius 3 is 2.41 bits per heavy atom. The predicted molar refractivity (Wildman–Crippen MR) is 133 cm³/mol. The van der Waals surface area contributed by atoms with Crippen molar-refractivity contribution in [3.05, 3.63) is 59.5 Å². The predicted octanol–water partition coefficient (Wildman–Crippen LogP) is 4.58.